The van der Waals surface area contributed by atoms with Crippen molar-refractivity contribution >= 4 is 16.1 Å². The van der Waals surface area contributed by atoms with Crippen LogP contribution in [0.5, 0.6) is 5.75 Å². The Morgan fingerprint density at radius 3 is 2.15 bits per heavy atom. The van der Waals surface area contributed by atoms with Crippen molar-refractivity contribution in [2.75, 3.05) is 33.3 Å². The van der Waals surface area contributed by atoms with E-state index in [2.05, 4.69) is 0 Å². The molecule has 0 spiro atoms. The highest BCUT2D eigenvalue weighted by Gasteiger charge is 2.29. The van der Waals surface area contributed by atoms with E-state index in [9.17, 15) is 13.2 Å². The summed E-state index contributed by atoms with van der Waals surface area (Å²) in [6.45, 7) is 0.705. The molecule has 20 heavy (non-hydrogen) atoms. The van der Waals surface area contributed by atoms with E-state index in [1.807, 2.05) is 0 Å². The fraction of sp³-hybridized carbons (Fsp3) is 0.417. The zero-order valence-electron chi connectivity index (χ0n) is 11.0. The van der Waals surface area contributed by atoms with E-state index in [1.165, 1.54) is 28.4 Å². The van der Waals surface area contributed by atoms with Gasteiger partial charge in [-0.15, -0.1) is 0 Å². The Morgan fingerprint density at radius 1 is 1.15 bits per heavy atom. The van der Waals surface area contributed by atoms with Crippen LogP contribution in [0.4, 0.5) is 4.79 Å². The van der Waals surface area contributed by atoms with Gasteiger partial charge in [0.2, 0.25) is 10.0 Å². The summed E-state index contributed by atoms with van der Waals surface area (Å²) in [6.07, 6.45) is -1.02. The molecule has 1 aromatic rings. The largest absolute Gasteiger partial charge is 0.497 e. The van der Waals surface area contributed by atoms with E-state index < -0.39 is 16.1 Å². The second-order valence-electron chi connectivity index (χ2n) is 4.35. The molecule has 8 heteroatoms. The predicted molar refractivity (Wildman–Crippen MR) is 71.4 cm³/mol. The van der Waals surface area contributed by atoms with Crippen LogP contribution in [0.1, 0.15) is 0 Å². The SMILES string of the molecule is COc1ccc(S(=O)(=O)N2CCN(C(=O)O)CC2)cc1. The number of methoxy groups -OCH3 is 1. The molecule has 0 aliphatic carbocycles. The van der Waals surface area contributed by atoms with Gasteiger partial charge in [0.1, 0.15) is 5.75 Å². The van der Waals surface area contributed by atoms with Gasteiger partial charge in [0, 0.05) is 26.2 Å². The fourth-order valence-electron chi connectivity index (χ4n) is 2.02. The third-order valence-electron chi connectivity index (χ3n) is 3.21. The van der Waals surface area contributed by atoms with Crippen molar-refractivity contribution in [1.29, 1.82) is 0 Å². The second kappa shape index (κ2) is 5.68. The van der Waals surface area contributed by atoms with Gasteiger partial charge in [-0.1, -0.05) is 0 Å². The van der Waals surface area contributed by atoms with Crippen molar-refractivity contribution < 1.29 is 23.1 Å². The molecule has 1 aromatic carbocycles. The fourth-order valence-corrected chi connectivity index (χ4v) is 3.44. The molecule has 1 amide bonds. The van der Waals surface area contributed by atoms with E-state index in [-0.39, 0.29) is 31.1 Å². The van der Waals surface area contributed by atoms with Crippen LogP contribution in [0.25, 0.3) is 0 Å². The summed E-state index contributed by atoms with van der Waals surface area (Å²) in [7, 11) is -2.07. The summed E-state index contributed by atoms with van der Waals surface area (Å²) in [5.74, 6) is 0.583. The number of sulfonamides is 1. The Kier molecular flexibility index (Phi) is 4.15. The first kappa shape index (κ1) is 14.6. The van der Waals surface area contributed by atoms with Crippen molar-refractivity contribution in [2.45, 2.75) is 4.90 Å². The maximum absolute atomic E-state index is 12.4. The Hall–Kier alpha value is -1.80. The molecular weight excluding hydrogens is 284 g/mol. The molecule has 0 unspecified atom stereocenters. The van der Waals surface area contributed by atoms with E-state index >= 15 is 0 Å². The number of nitrogens with zero attached hydrogens (tertiary/aromatic N) is 2. The molecular formula is C12H16N2O5S. The van der Waals surface area contributed by atoms with Gasteiger partial charge in [-0.2, -0.15) is 4.31 Å². The Labute approximate surface area is 117 Å². The quantitative estimate of drug-likeness (QED) is 0.887. The molecule has 110 valence electrons. The zero-order valence-corrected chi connectivity index (χ0v) is 11.8. The van der Waals surface area contributed by atoms with Gasteiger partial charge < -0.3 is 14.7 Å². The van der Waals surface area contributed by atoms with Crippen LogP contribution in [-0.4, -0.2) is 62.1 Å². The van der Waals surface area contributed by atoms with Gasteiger partial charge in [0.05, 0.1) is 12.0 Å². The minimum absolute atomic E-state index is 0.167. The summed E-state index contributed by atoms with van der Waals surface area (Å²) in [6, 6.07) is 6.14. The van der Waals surface area contributed by atoms with Crippen molar-refractivity contribution in [3.05, 3.63) is 24.3 Å². The Balaban J connectivity index is 2.13. The molecule has 1 N–H and O–H groups in total. The van der Waals surface area contributed by atoms with Gasteiger partial charge in [-0.05, 0) is 24.3 Å². The number of ether oxygens (including phenoxy) is 1. The molecule has 0 bridgehead atoms. The van der Waals surface area contributed by atoms with E-state index in [4.69, 9.17) is 9.84 Å². The zero-order chi connectivity index (χ0) is 14.8. The highest BCUT2D eigenvalue weighted by atomic mass is 32.2. The number of carboxylic acid groups (broad SMARTS) is 1. The van der Waals surface area contributed by atoms with Crippen LogP contribution in [0.15, 0.2) is 29.2 Å². The first-order valence-electron chi connectivity index (χ1n) is 6.07. The number of rotatable bonds is 3. The summed E-state index contributed by atoms with van der Waals surface area (Å²) < 4.78 is 31.1. The maximum Gasteiger partial charge on any atom is 0.407 e. The molecule has 0 radical (unpaired) electrons. The summed E-state index contributed by atoms with van der Waals surface area (Å²) >= 11 is 0. The van der Waals surface area contributed by atoms with Crippen LogP contribution >= 0.6 is 0 Å². The predicted octanol–water partition coefficient (Wildman–Crippen LogP) is 0.679. The first-order valence-corrected chi connectivity index (χ1v) is 7.51. The lowest BCUT2D eigenvalue weighted by Crippen LogP contribution is -2.50. The van der Waals surface area contributed by atoms with Crippen LogP contribution in [0.3, 0.4) is 0 Å². The summed E-state index contributed by atoms with van der Waals surface area (Å²) in [5, 5.41) is 8.85. The molecule has 0 atom stereocenters. The average molecular weight is 300 g/mol. The molecule has 7 nitrogen and oxygen atoms in total. The lowest BCUT2D eigenvalue weighted by atomic mass is 10.3. The van der Waals surface area contributed by atoms with Gasteiger partial charge in [0.25, 0.3) is 0 Å². The number of benzene rings is 1. The van der Waals surface area contributed by atoms with Crippen LogP contribution < -0.4 is 4.74 Å². The third-order valence-corrected chi connectivity index (χ3v) is 5.12. The van der Waals surface area contributed by atoms with Crippen LogP contribution in [-0.2, 0) is 10.0 Å². The Bertz CT molecular complexity index is 576. The average Bonchev–Trinajstić information content (AvgIpc) is 2.47. The van der Waals surface area contributed by atoms with E-state index in [0.717, 1.165) is 0 Å². The maximum atomic E-state index is 12.4. The summed E-state index contributed by atoms with van der Waals surface area (Å²) in [4.78, 5) is 12.2. The molecule has 0 aromatic heterocycles. The molecule has 1 saturated heterocycles. The molecule has 1 heterocycles. The van der Waals surface area contributed by atoms with Gasteiger partial charge in [-0.25, -0.2) is 13.2 Å². The van der Waals surface area contributed by atoms with Crippen molar-refractivity contribution in [1.82, 2.24) is 9.21 Å². The smallest absolute Gasteiger partial charge is 0.407 e. The highest BCUT2D eigenvalue weighted by Crippen LogP contribution is 2.20. The topological polar surface area (TPSA) is 87.2 Å². The molecule has 2 rings (SSSR count). The third kappa shape index (κ3) is 2.86. The molecule has 1 aliphatic rings. The Morgan fingerprint density at radius 2 is 1.70 bits per heavy atom. The van der Waals surface area contributed by atoms with E-state index in [1.54, 1.807) is 12.1 Å². The molecule has 1 aliphatic heterocycles. The van der Waals surface area contributed by atoms with Crippen LogP contribution in [0, 0.1) is 0 Å². The number of piperazine rings is 1. The lowest BCUT2D eigenvalue weighted by molar-refractivity contribution is 0.126. The van der Waals surface area contributed by atoms with Crippen molar-refractivity contribution in [3.63, 3.8) is 0 Å². The second-order valence-corrected chi connectivity index (χ2v) is 6.29. The van der Waals surface area contributed by atoms with Crippen LogP contribution in [0.2, 0.25) is 0 Å². The van der Waals surface area contributed by atoms with Gasteiger partial charge in [0.15, 0.2) is 0 Å². The normalized spacial score (nSPS) is 16.9. The highest BCUT2D eigenvalue weighted by molar-refractivity contribution is 7.89. The summed E-state index contributed by atoms with van der Waals surface area (Å²) in [5.41, 5.74) is 0. The number of carbonyl (C=O) groups is 1. The minimum Gasteiger partial charge on any atom is -0.497 e. The monoisotopic (exact) mass is 300 g/mol. The number of hydrogen-bond donors (Lipinski definition) is 1. The minimum atomic E-state index is -3.58. The van der Waals surface area contributed by atoms with Gasteiger partial charge >= 0.3 is 6.09 Å². The van der Waals surface area contributed by atoms with Crippen molar-refractivity contribution in [3.8, 4) is 5.75 Å². The number of amides is 1. The first-order chi connectivity index (χ1) is 9.45. The van der Waals surface area contributed by atoms with Gasteiger partial charge in [-0.3, -0.25) is 0 Å². The standard InChI is InChI=1S/C12H16N2O5S/c1-19-10-2-4-11(5-3-10)20(17,18)14-8-6-13(7-9-14)12(15)16/h2-5H,6-9H2,1H3,(H,15,16). The van der Waals surface area contributed by atoms with E-state index in [0.29, 0.717) is 5.75 Å². The lowest BCUT2D eigenvalue weighted by Gasteiger charge is -2.32. The number of hydrogen-bond acceptors (Lipinski definition) is 4. The van der Waals surface area contributed by atoms with Crippen molar-refractivity contribution in [2.24, 2.45) is 0 Å². The molecule has 0 saturated carbocycles. The molecule has 1 fully saturated rings.